The average molecular weight is 663 g/mol. The fourth-order valence-corrected chi connectivity index (χ4v) is 5.17. The van der Waals surface area contributed by atoms with Crippen molar-refractivity contribution in [1.29, 1.82) is 0 Å². The molecule has 0 bridgehead atoms. The maximum Gasteiger partial charge on any atom is 0.488 e. The summed E-state index contributed by atoms with van der Waals surface area (Å²) in [5.41, 5.74) is 1.33. The Hall–Kier alpha value is -4.60. The van der Waals surface area contributed by atoms with E-state index < -0.39 is 40.3 Å². The predicted molar refractivity (Wildman–Crippen MR) is 164 cm³/mol. The molecular formula is C30H39FN6O8S. The number of nitrogens with one attached hydrogen (secondary N) is 4. The Morgan fingerprint density at radius 1 is 1.07 bits per heavy atom. The average Bonchev–Trinajstić information content (AvgIpc) is 3.57. The number of benzene rings is 1. The van der Waals surface area contributed by atoms with Gasteiger partial charge in [-0.3, -0.25) is 29.0 Å². The summed E-state index contributed by atoms with van der Waals surface area (Å²) >= 11 is 0. The number of pyridine rings is 1. The van der Waals surface area contributed by atoms with Crippen LogP contribution in [0.4, 0.5) is 3.89 Å². The SMILES string of the molecule is CC(NC(=O)c1ccnc(CNC(=O)C(CCCCNC=O)NC(=O)CCc2ccc(OS(=O)(=O)F)cc2)c1)C(=O)N1CCCC1. The Kier molecular flexibility index (Phi) is 13.9. The summed E-state index contributed by atoms with van der Waals surface area (Å²) in [7, 11) is -5.15. The van der Waals surface area contributed by atoms with Crippen LogP contribution in [-0.4, -0.2) is 80.1 Å². The highest BCUT2D eigenvalue weighted by molar-refractivity contribution is 7.81. The van der Waals surface area contributed by atoms with Crippen molar-refractivity contribution < 1.29 is 40.5 Å². The highest BCUT2D eigenvalue weighted by atomic mass is 32.3. The monoisotopic (exact) mass is 662 g/mol. The summed E-state index contributed by atoms with van der Waals surface area (Å²) < 4.78 is 38.1. The molecule has 1 aromatic carbocycles. The van der Waals surface area contributed by atoms with Crippen molar-refractivity contribution in [2.24, 2.45) is 0 Å². The first-order chi connectivity index (χ1) is 21.9. The number of aromatic nitrogens is 1. The molecule has 0 spiro atoms. The topological polar surface area (TPSA) is 193 Å². The molecule has 1 aliphatic rings. The second-order valence-corrected chi connectivity index (χ2v) is 11.7. The largest absolute Gasteiger partial charge is 0.488 e. The zero-order valence-corrected chi connectivity index (χ0v) is 26.3. The number of unbranched alkanes of at least 4 members (excludes halogenated alkanes) is 1. The molecule has 2 unspecified atom stereocenters. The van der Waals surface area contributed by atoms with E-state index in [9.17, 15) is 36.3 Å². The Balaban J connectivity index is 1.55. The van der Waals surface area contributed by atoms with Crippen molar-refractivity contribution >= 4 is 40.5 Å². The molecule has 2 atom stereocenters. The van der Waals surface area contributed by atoms with Crippen LogP contribution in [-0.2, 0) is 42.6 Å². The molecule has 0 saturated carbocycles. The Labute approximate surface area is 267 Å². The number of carbonyl (C=O) groups is 5. The van der Waals surface area contributed by atoms with E-state index in [0.29, 0.717) is 56.6 Å². The van der Waals surface area contributed by atoms with Crippen LogP contribution in [0.25, 0.3) is 0 Å². The Bertz CT molecular complexity index is 1470. The molecule has 0 aliphatic carbocycles. The number of likely N-dealkylation sites (tertiary alicyclic amines) is 1. The molecule has 14 nitrogen and oxygen atoms in total. The molecule has 1 aliphatic heterocycles. The lowest BCUT2D eigenvalue weighted by atomic mass is 10.1. The van der Waals surface area contributed by atoms with E-state index >= 15 is 0 Å². The minimum Gasteiger partial charge on any atom is -0.359 e. The van der Waals surface area contributed by atoms with Gasteiger partial charge in [-0.05, 0) is 75.3 Å². The molecule has 2 aromatic rings. The second-order valence-electron chi connectivity index (χ2n) is 10.8. The van der Waals surface area contributed by atoms with Gasteiger partial charge in [-0.1, -0.05) is 16.0 Å². The van der Waals surface area contributed by atoms with Crippen LogP contribution in [0.2, 0.25) is 0 Å². The van der Waals surface area contributed by atoms with Crippen LogP contribution in [0.15, 0.2) is 42.6 Å². The van der Waals surface area contributed by atoms with E-state index in [4.69, 9.17) is 0 Å². The van der Waals surface area contributed by atoms with Gasteiger partial charge in [0.15, 0.2) is 0 Å². The fraction of sp³-hybridized carbons (Fsp3) is 0.467. The maximum absolute atomic E-state index is 13.1. The summed E-state index contributed by atoms with van der Waals surface area (Å²) in [5.74, 6) is -1.67. The van der Waals surface area contributed by atoms with Crippen LogP contribution >= 0.6 is 0 Å². The van der Waals surface area contributed by atoms with Gasteiger partial charge >= 0.3 is 10.5 Å². The molecule has 4 N–H and O–H groups in total. The van der Waals surface area contributed by atoms with Crippen LogP contribution in [0.1, 0.15) is 67.1 Å². The molecule has 2 heterocycles. The van der Waals surface area contributed by atoms with E-state index in [1.807, 2.05) is 0 Å². The number of hydrogen-bond acceptors (Lipinski definition) is 9. The van der Waals surface area contributed by atoms with Crippen molar-refractivity contribution in [2.75, 3.05) is 19.6 Å². The highest BCUT2D eigenvalue weighted by Crippen LogP contribution is 2.16. The number of aryl methyl sites for hydroxylation is 1. The zero-order chi connectivity index (χ0) is 33.5. The summed E-state index contributed by atoms with van der Waals surface area (Å²) in [6.07, 6.45) is 5.56. The number of nitrogens with zero attached hydrogens (tertiary/aromatic N) is 2. The van der Waals surface area contributed by atoms with Gasteiger partial charge in [0.2, 0.25) is 24.1 Å². The fourth-order valence-electron chi connectivity index (χ4n) is 4.82. The van der Waals surface area contributed by atoms with Crippen molar-refractivity contribution in [3.63, 3.8) is 0 Å². The minimum atomic E-state index is -5.15. The van der Waals surface area contributed by atoms with E-state index in [2.05, 4.69) is 30.4 Å². The normalized spacial score (nSPS) is 14.1. The third-order valence-electron chi connectivity index (χ3n) is 7.22. The molecule has 46 heavy (non-hydrogen) atoms. The molecule has 16 heteroatoms. The molecule has 3 rings (SSSR count). The van der Waals surface area contributed by atoms with Crippen molar-refractivity contribution in [1.82, 2.24) is 31.2 Å². The first-order valence-corrected chi connectivity index (χ1v) is 16.3. The van der Waals surface area contributed by atoms with Gasteiger partial charge in [-0.2, -0.15) is 8.42 Å². The lowest BCUT2D eigenvalue weighted by molar-refractivity contribution is -0.131. The van der Waals surface area contributed by atoms with Crippen molar-refractivity contribution in [2.45, 2.75) is 70.5 Å². The molecule has 5 amide bonds. The van der Waals surface area contributed by atoms with Crippen LogP contribution in [0.5, 0.6) is 5.75 Å². The van der Waals surface area contributed by atoms with Crippen molar-refractivity contribution in [3.05, 3.63) is 59.4 Å². The number of hydrogen-bond donors (Lipinski definition) is 4. The second kappa shape index (κ2) is 17.8. The lowest BCUT2D eigenvalue weighted by Crippen LogP contribution is -2.46. The smallest absolute Gasteiger partial charge is 0.359 e. The molecule has 0 radical (unpaired) electrons. The number of amides is 5. The van der Waals surface area contributed by atoms with E-state index in [0.717, 1.165) is 12.8 Å². The Morgan fingerprint density at radius 3 is 2.46 bits per heavy atom. The van der Waals surface area contributed by atoms with E-state index in [1.165, 1.54) is 42.6 Å². The number of carbonyl (C=O) groups excluding carboxylic acids is 5. The maximum atomic E-state index is 13.1. The van der Waals surface area contributed by atoms with E-state index in [-0.39, 0.29) is 36.6 Å². The predicted octanol–water partition coefficient (Wildman–Crippen LogP) is 1.07. The first-order valence-electron chi connectivity index (χ1n) is 15.0. The first kappa shape index (κ1) is 35.9. The summed E-state index contributed by atoms with van der Waals surface area (Å²) in [4.78, 5) is 67.7. The van der Waals surface area contributed by atoms with Gasteiger partial charge in [0.1, 0.15) is 17.8 Å². The van der Waals surface area contributed by atoms with E-state index in [1.54, 1.807) is 11.8 Å². The summed E-state index contributed by atoms with van der Waals surface area (Å²) in [5, 5.41) is 10.7. The van der Waals surface area contributed by atoms with Crippen LogP contribution < -0.4 is 25.5 Å². The Morgan fingerprint density at radius 2 is 1.78 bits per heavy atom. The van der Waals surface area contributed by atoms with Gasteiger partial charge in [0.25, 0.3) is 5.91 Å². The molecule has 1 aromatic heterocycles. The summed E-state index contributed by atoms with van der Waals surface area (Å²) in [6, 6.07) is 6.94. The van der Waals surface area contributed by atoms with Crippen LogP contribution in [0.3, 0.4) is 0 Å². The summed E-state index contributed by atoms with van der Waals surface area (Å²) in [6.45, 7) is 3.38. The third kappa shape index (κ3) is 12.4. The molecule has 1 fully saturated rings. The van der Waals surface area contributed by atoms with Gasteiger partial charge in [0.05, 0.1) is 12.2 Å². The van der Waals surface area contributed by atoms with Crippen LogP contribution in [0, 0.1) is 0 Å². The van der Waals surface area contributed by atoms with Gasteiger partial charge in [0, 0.05) is 37.8 Å². The van der Waals surface area contributed by atoms with Crippen molar-refractivity contribution in [3.8, 4) is 5.75 Å². The highest BCUT2D eigenvalue weighted by Gasteiger charge is 2.25. The lowest BCUT2D eigenvalue weighted by Gasteiger charge is -2.21. The third-order valence-corrected chi connectivity index (χ3v) is 7.61. The van der Waals surface area contributed by atoms with Gasteiger partial charge in [-0.15, -0.1) is 0 Å². The zero-order valence-electron chi connectivity index (χ0n) is 25.5. The number of rotatable bonds is 18. The molecule has 250 valence electrons. The number of halogens is 1. The van der Waals surface area contributed by atoms with Gasteiger partial charge in [-0.25, -0.2) is 0 Å². The quantitative estimate of drug-likeness (QED) is 0.103. The molecule has 1 saturated heterocycles. The van der Waals surface area contributed by atoms with Gasteiger partial charge < -0.3 is 30.4 Å². The molecular weight excluding hydrogens is 623 g/mol. The standard InChI is InChI=1S/C30H39FN6O8S/c1-21(30(42)37-16-4-5-17-37)35-28(40)23-13-15-33-24(18-23)19-34-29(41)26(6-2-3-14-32-20-38)36-27(39)12-9-22-7-10-25(11-8-22)45-46(31,43)44/h7-8,10-11,13,15,18,20-21,26H,2-6,9,12,14,16-17,19H2,1H3,(H,32,38)(H,34,41)(H,35,40)(H,36,39). The minimum absolute atomic E-state index is 0.00941.